The molecule has 0 aromatic carbocycles. The number of nitrogens with one attached hydrogen (secondary N) is 2. The second-order valence-corrected chi connectivity index (χ2v) is 5.84. The number of aryl methyl sites for hydroxylation is 1. The van der Waals surface area contributed by atoms with Crippen LogP contribution in [0.3, 0.4) is 0 Å². The zero-order chi connectivity index (χ0) is 14.6. The molecule has 0 unspecified atom stereocenters. The zero-order valence-electron chi connectivity index (χ0n) is 11.1. The van der Waals surface area contributed by atoms with E-state index in [9.17, 15) is 13.2 Å². The van der Waals surface area contributed by atoms with E-state index in [1.165, 1.54) is 6.92 Å². The maximum absolute atomic E-state index is 12.1. The van der Waals surface area contributed by atoms with Crippen molar-refractivity contribution >= 4 is 16.0 Å². The molecule has 1 heterocycles. The van der Waals surface area contributed by atoms with Crippen LogP contribution in [-0.2, 0) is 10.0 Å². The van der Waals surface area contributed by atoms with E-state index in [2.05, 4.69) is 9.71 Å². The Labute approximate surface area is 112 Å². The van der Waals surface area contributed by atoms with Crippen molar-refractivity contribution in [2.45, 2.75) is 32.1 Å². The van der Waals surface area contributed by atoms with Gasteiger partial charge in [0.05, 0.1) is 0 Å². The second-order valence-electron chi connectivity index (χ2n) is 4.14. The number of carboxylic acid groups (broad SMARTS) is 1. The number of carbonyl (C=O) groups is 1. The van der Waals surface area contributed by atoms with Gasteiger partial charge in [0.2, 0.25) is 10.0 Å². The highest BCUT2D eigenvalue weighted by Crippen LogP contribution is 2.22. The smallest absolute Gasteiger partial charge is 0.352 e. The Balaban J connectivity index is 3.05. The number of sulfonamides is 1. The molecule has 0 atom stereocenters. The van der Waals surface area contributed by atoms with Gasteiger partial charge < -0.3 is 10.1 Å². The van der Waals surface area contributed by atoms with Gasteiger partial charge in [0, 0.05) is 17.8 Å². The highest BCUT2D eigenvalue weighted by atomic mass is 32.2. The summed E-state index contributed by atoms with van der Waals surface area (Å²) in [5, 5.41) is 8.96. The first-order valence-electron chi connectivity index (χ1n) is 5.84. The molecule has 19 heavy (non-hydrogen) atoms. The van der Waals surface area contributed by atoms with Crippen LogP contribution in [0, 0.1) is 13.8 Å². The average Bonchev–Trinajstić information content (AvgIpc) is 2.61. The minimum atomic E-state index is -3.69. The Morgan fingerprint density at radius 1 is 1.42 bits per heavy atom. The molecule has 0 aliphatic carbocycles. The minimum Gasteiger partial charge on any atom is -0.477 e. The summed E-state index contributed by atoms with van der Waals surface area (Å²) in [6.45, 7) is 5.15. The first-order chi connectivity index (χ1) is 8.81. The zero-order valence-corrected chi connectivity index (χ0v) is 12.0. The molecule has 0 saturated carbocycles. The van der Waals surface area contributed by atoms with E-state index in [4.69, 9.17) is 5.11 Å². The van der Waals surface area contributed by atoms with Gasteiger partial charge in [0.15, 0.2) is 0 Å². The van der Waals surface area contributed by atoms with Crippen LogP contribution in [0.4, 0.5) is 0 Å². The lowest BCUT2D eigenvalue weighted by atomic mass is 10.2. The highest BCUT2D eigenvalue weighted by Gasteiger charge is 2.25. The third kappa shape index (κ3) is 3.45. The Morgan fingerprint density at radius 3 is 2.53 bits per heavy atom. The van der Waals surface area contributed by atoms with Gasteiger partial charge in [-0.05, 0) is 27.2 Å². The van der Waals surface area contributed by atoms with Crippen LogP contribution < -0.4 is 4.72 Å². The van der Waals surface area contributed by atoms with Gasteiger partial charge in [-0.2, -0.15) is 0 Å². The van der Waals surface area contributed by atoms with E-state index in [0.29, 0.717) is 12.1 Å². The lowest BCUT2D eigenvalue weighted by molar-refractivity contribution is 0.0690. The Kier molecular flexibility index (Phi) is 4.90. The predicted octanol–water partition coefficient (Wildman–Crippen LogP) is 1.57. The molecule has 0 bridgehead atoms. The van der Waals surface area contributed by atoms with Crippen LogP contribution in [-0.4, -0.2) is 31.0 Å². The summed E-state index contributed by atoms with van der Waals surface area (Å²) in [7, 11) is -3.69. The van der Waals surface area contributed by atoms with E-state index in [-0.39, 0.29) is 22.7 Å². The molecule has 1 rings (SSSR count). The highest BCUT2D eigenvalue weighted by molar-refractivity contribution is 7.89. The summed E-state index contributed by atoms with van der Waals surface area (Å²) in [6.07, 6.45) is 4.27. The van der Waals surface area contributed by atoms with Crippen molar-refractivity contribution in [1.29, 1.82) is 0 Å². The number of H-pyrrole nitrogens is 1. The molecule has 7 heteroatoms. The number of rotatable bonds is 6. The quantitative estimate of drug-likeness (QED) is 0.546. The monoisotopic (exact) mass is 286 g/mol. The molecule has 0 aliphatic heterocycles. The topological polar surface area (TPSA) is 99.3 Å². The van der Waals surface area contributed by atoms with Gasteiger partial charge in [-0.25, -0.2) is 17.9 Å². The van der Waals surface area contributed by atoms with Crippen molar-refractivity contribution < 1.29 is 18.3 Å². The van der Waals surface area contributed by atoms with Crippen LogP contribution in [0.25, 0.3) is 0 Å². The van der Waals surface area contributed by atoms with Crippen LogP contribution in [0.1, 0.15) is 35.1 Å². The molecule has 0 saturated heterocycles. The van der Waals surface area contributed by atoms with Gasteiger partial charge in [-0.15, -0.1) is 0 Å². The van der Waals surface area contributed by atoms with Crippen molar-refractivity contribution in [3.8, 4) is 0 Å². The third-order valence-electron chi connectivity index (χ3n) is 2.69. The summed E-state index contributed by atoms with van der Waals surface area (Å²) in [5.74, 6) is -1.17. The molecule has 0 amide bonds. The maximum atomic E-state index is 12.1. The number of aromatic carboxylic acids is 1. The lowest BCUT2D eigenvalue weighted by Crippen LogP contribution is -2.25. The van der Waals surface area contributed by atoms with Crippen LogP contribution >= 0.6 is 0 Å². The van der Waals surface area contributed by atoms with Crippen LogP contribution in [0.2, 0.25) is 0 Å². The largest absolute Gasteiger partial charge is 0.477 e. The summed E-state index contributed by atoms with van der Waals surface area (Å²) in [6, 6.07) is 0. The van der Waals surface area contributed by atoms with Gasteiger partial charge in [-0.3, -0.25) is 0 Å². The van der Waals surface area contributed by atoms with E-state index in [1.54, 1.807) is 6.92 Å². The van der Waals surface area contributed by atoms with Crippen LogP contribution in [0.5, 0.6) is 0 Å². The molecule has 1 aromatic heterocycles. The van der Waals surface area contributed by atoms with Crippen molar-refractivity contribution in [3.63, 3.8) is 0 Å². The Morgan fingerprint density at radius 2 is 2.05 bits per heavy atom. The average molecular weight is 286 g/mol. The Hall–Kier alpha value is -1.60. The SMILES string of the molecule is C/C=C/CCNS(=O)(=O)c1c(C)[nH]c(C(=O)O)c1C. The third-order valence-corrected chi connectivity index (χ3v) is 4.42. The van der Waals surface area contributed by atoms with Crippen molar-refractivity contribution in [3.05, 3.63) is 29.1 Å². The number of aromatic nitrogens is 1. The molecule has 0 fully saturated rings. The lowest BCUT2D eigenvalue weighted by Gasteiger charge is -2.06. The van der Waals surface area contributed by atoms with Crippen molar-refractivity contribution in [2.75, 3.05) is 6.54 Å². The number of hydrogen-bond acceptors (Lipinski definition) is 3. The molecular weight excluding hydrogens is 268 g/mol. The molecule has 1 aromatic rings. The standard InChI is InChI=1S/C12H18N2O4S/c1-4-5-6-7-13-19(17,18)11-8(2)10(12(15)16)14-9(11)3/h4-5,13-14H,6-7H2,1-3H3,(H,15,16)/b5-4+. The van der Waals surface area contributed by atoms with E-state index >= 15 is 0 Å². The maximum Gasteiger partial charge on any atom is 0.352 e. The van der Waals surface area contributed by atoms with Crippen molar-refractivity contribution in [2.24, 2.45) is 0 Å². The number of hydrogen-bond donors (Lipinski definition) is 3. The summed E-state index contributed by atoms with van der Waals surface area (Å²) >= 11 is 0. The van der Waals surface area contributed by atoms with Gasteiger partial charge in [0.25, 0.3) is 0 Å². The predicted molar refractivity (Wildman–Crippen MR) is 71.8 cm³/mol. The van der Waals surface area contributed by atoms with E-state index < -0.39 is 16.0 Å². The fourth-order valence-electron chi connectivity index (χ4n) is 1.87. The fraction of sp³-hybridized carbons (Fsp3) is 0.417. The van der Waals surface area contributed by atoms with Gasteiger partial charge >= 0.3 is 5.97 Å². The molecule has 6 nitrogen and oxygen atoms in total. The summed E-state index contributed by atoms with van der Waals surface area (Å²) in [4.78, 5) is 13.6. The molecule has 106 valence electrons. The fourth-order valence-corrected chi connectivity index (χ4v) is 3.36. The Bertz CT molecular complexity index is 599. The summed E-state index contributed by atoms with van der Waals surface area (Å²) in [5.41, 5.74) is 0.461. The molecule has 0 radical (unpaired) electrons. The van der Waals surface area contributed by atoms with Gasteiger partial charge in [-0.1, -0.05) is 12.2 Å². The van der Waals surface area contributed by atoms with E-state index in [0.717, 1.165) is 0 Å². The minimum absolute atomic E-state index is 0.0189. The van der Waals surface area contributed by atoms with Gasteiger partial charge in [0.1, 0.15) is 10.6 Å². The first kappa shape index (κ1) is 15.5. The molecule has 0 spiro atoms. The number of allylic oxidation sites excluding steroid dienone is 1. The van der Waals surface area contributed by atoms with E-state index in [1.807, 2.05) is 19.1 Å². The second kappa shape index (κ2) is 6.03. The van der Waals surface area contributed by atoms with Crippen LogP contribution in [0.15, 0.2) is 17.0 Å². The van der Waals surface area contributed by atoms with Crippen molar-refractivity contribution in [1.82, 2.24) is 9.71 Å². The molecular formula is C12H18N2O4S. The normalized spacial score (nSPS) is 12.2. The number of aromatic amines is 1. The molecule has 3 N–H and O–H groups in total. The first-order valence-corrected chi connectivity index (χ1v) is 7.32. The number of carboxylic acids is 1. The molecule has 0 aliphatic rings. The summed E-state index contributed by atoms with van der Waals surface area (Å²) < 4.78 is 26.7.